The van der Waals surface area contributed by atoms with Crippen LogP contribution < -0.4 is 15.5 Å². The van der Waals surface area contributed by atoms with Crippen LogP contribution in [0.3, 0.4) is 0 Å². The summed E-state index contributed by atoms with van der Waals surface area (Å²) >= 11 is 8.48. The number of nitrogens with one attached hydrogen (secondary N) is 2. The van der Waals surface area contributed by atoms with Gasteiger partial charge in [-0.2, -0.15) is 0 Å². The standard InChI is InChI=1S/C29H26ClIN6O2S/c1-32-29(38)20-13-22-24(17-37(40-31)28(22)35-15-20)19-5-6-25-23(12-19)27(36-7-9-39-10-8-36)26(16-34-25)33-14-18-3-2-4-21(30)11-18/h2-6,11-13,15-17,33H,7-10,14H2,1H3,(H,32,38). The van der Waals surface area contributed by atoms with Gasteiger partial charge in [0.05, 0.1) is 41.9 Å². The van der Waals surface area contributed by atoms with Crippen molar-refractivity contribution in [3.63, 3.8) is 0 Å². The molecule has 4 heterocycles. The first-order chi connectivity index (χ1) is 19.6. The van der Waals surface area contributed by atoms with Gasteiger partial charge in [-0.25, -0.2) is 4.98 Å². The Morgan fingerprint density at radius 2 is 1.95 bits per heavy atom. The molecule has 2 aromatic carbocycles. The number of aromatic nitrogens is 3. The lowest BCUT2D eigenvalue weighted by molar-refractivity contribution is 0.0963. The molecule has 0 saturated carbocycles. The van der Waals surface area contributed by atoms with Gasteiger partial charge in [-0.3, -0.25) is 13.8 Å². The second-order valence-corrected chi connectivity index (χ2v) is 11.6. The van der Waals surface area contributed by atoms with Gasteiger partial charge in [-0.1, -0.05) is 29.8 Å². The van der Waals surface area contributed by atoms with Crippen LogP contribution in [0.25, 0.3) is 33.1 Å². The zero-order valence-electron chi connectivity index (χ0n) is 21.7. The Balaban J connectivity index is 1.49. The second kappa shape index (κ2) is 11.8. The first-order valence-corrected chi connectivity index (χ1v) is 16.5. The van der Waals surface area contributed by atoms with E-state index in [4.69, 9.17) is 21.3 Å². The highest BCUT2D eigenvalue weighted by Crippen LogP contribution is 2.39. The summed E-state index contributed by atoms with van der Waals surface area (Å²) in [6.07, 6.45) is 5.61. The van der Waals surface area contributed by atoms with Crippen molar-refractivity contribution in [1.29, 1.82) is 0 Å². The molecule has 0 bridgehead atoms. The average molecular weight is 685 g/mol. The first kappa shape index (κ1) is 27.1. The van der Waals surface area contributed by atoms with Gasteiger partial charge in [0.2, 0.25) is 0 Å². The van der Waals surface area contributed by atoms with E-state index in [0.717, 1.165) is 63.1 Å². The van der Waals surface area contributed by atoms with Gasteiger partial charge < -0.3 is 20.3 Å². The maximum Gasteiger partial charge on any atom is 0.252 e. The van der Waals surface area contributed by atoms with Crippen LogP contribution in [0, 0.1) is 0 Å². The Hall–Kier alpha value is -3.06. The molecule has 2 N–H and O–H groups in total. The van der Waals surface area contributed by atoms with E-state index in [1.807, 2.05) is 34.4 Å². The average Bonchev–Trinajstić information content (AvgIpc) is 3.37. The van der Waals surface area contributed by atoms with Crippen molar-refractivity contribution in [1.82, 2.24) is 19.3 Å². The fourth-order valence-corrected chi connectivity index (χ4v) is 6.55. The van der Waals surface area contributed by atoms with E-state index in [2.05, 4.69) is 72.2 Å². The normalized spacial score (nSPS) is 13.6. The Labute approximate surface area is 253 Å². The highest BCUT2D eigenvalue weighted by atomic mass is 127. The summed E-state index contributed by atoms with van der Waals surface area (Å²) in [5.74, 6) is -0.164. The van der Waals surface area contributed by atoms with Crippen LogP contribution in [0.2, 0.25) is 5.02 Å². The molecule has 1 fully saturated rings. The molecular formula is C29H26ClIN6O2S. The van der Waals surface area contributed by atoms with E-state index in [1.165, 1.54) is 0 Å². The van der Waals surface area contributed by atoms with Crippen molar-refractivity contribution in [3.05, 3.63) is 83.3 Å². The van der Waals surface area contributed by atoms with Gasteiger partial charge >= 0.3 is 0 Å². The zero-order chi connectivity index (χ0) is 27.6. The van der Waals surface area contributed by atoms with Crippen LogP contribution >= 0.6 is 41.9 Å². The van der Waals surface area contributed by atoms with E-state index >= 15 is 0 Å². The molecule has 0 aliphatic carbocycles. The molecule has 11 heteroatoms. The zero-order valence-corrected chi connectivity index (χ0v) is 25.4. The molecule has 1 aliphatic rings. The fraction of sp³-hybridized carbons (Fsp3) is 0.207. The molecule has 5 aromatic rings. The van der Waals surface area contributed by atoms with E-state index < -0.39 is 0 Å². The molecular weight excluding hydrogens is 659 g/mol. The third kappa shape index (κ3) is 5.32. The minimum atomic E-state index is -0.164. The van der Waals surface area contributed by atoms with Crippen LogP contribution in [0.1, 0.15) is 15.9 Å². The maximum atomic E-state index is 12.4. The van der Waals surface area contributed by atoms with E-state index in [1.54, 1.807) is 22.4 Å². The van der Waals surface area contributed by atoms with Crippen molar-refractivity contribution >= 4 is 81.1 Å². The van der Waals surface area contributed by atoms with Crippen molar-refractivity contribution in [2.45, 2.75) is 6.54 Å². The largest absolute Gasteiger partial charge is 0.378 e. The lowest BCUT2D eigenvalue weighted by Gasteiger charge is -2.31. The van der Waals surface area contributed by atoms with Crippen molar-refractivity contribution < 1.29 is 9.53 Å². The number of morpholine rings is 1. The third-order valence-corrected chi connectivity index (χ3v) is 8.96. The second-order valence-electron chi connectivity index (χ2n) is 9.45. The smallest absolute Gasteiger partial charge is 0.252 e. The Kier molecular flexibility index (Phi) is 8.01. The summed E-state index contributed by atoms with van der Waals surface area (Å²) < 4.78 is 7.69. The summed E-state index contributed by atoms with van der Waals surface area (Å²) in [4.78, 5) is 24.2. The topological polar surface area (TPSA) is 84.3 Å². The number of anilines is 2. The molecule has 1 saturated heterocycles. The number of ether oxygens (including phenoxy) is 1. The highest BCUT2D eigenvalue weighted by molar-refractivity contribution is 14.2. The predicted molar refractivity (Wildman–Crippen MR) is 173 cm³/mol. The number of nitrogens with zero attached hydrogens (tertiary/aromatic N) is 4. The Bertz CT molecular complexity index is 1720. The fourth-order valence-electron chi connectivity index (χ4n) is 5.08. The first-order valence-electron chi connectivity index (χ1n) is 12.8. The molecule has 1 amide bonds. The van der Waals surface area contributed by atoms with Crippen LogP contribution in [-0.2, 0) is 11.3 Å². The SMILES string of the molecule is CNC(=O)c1cnc2c(c1)c(-c1ccc3ncc(NCc4cccc(Cl)c4)c(N4CCOCC4)c3c1)cn2SI. The van der Waals surface area contributed by atoms with E-state index in [9.17, 15) is 4.79 Å². The minimum absolute atomic E-state index is 0.164. The van der Waals surface area contributed by atoms with Gasteiger partial charge in [0.25, 0.3) is 5.91 Å². The number of hydrogen-bond donors (Lipinski definition) is 2. The molecule has 1 aliphatic heterocycles. The van der Waals surface area contributed by atoms with Crippen molar-refractivity contribution in [2.24, 2.45) is 0 Å². The summed E-state index contributed by atoms with van der Waals surface area (Å²) in [6, 6.07) is 16.1. The molecule has 0 unspecified atom stereocenters. The molecule has 204 valence electrons. The molecule has 40 heavy (non-hydrogen) atoms. The van der Waals surface area contributed by atoms with Gasteiger partial charge in [-0.15, -0.1) is 0 Å². The van der Waals surface area contributed by atoms with Gasteiger partial charge in [0, 0.05) is 90.8 Å². The monoisotopic (exact) mass is 684 g/mol. The predicted octanol–water partition coefficient (Wildman–Crippen LogP) is 6.56. The van der Waals surface area contributed by atoms with Crippen LogP contribution in [0.5, 0.6) is 0 Å². The number of rotatable bonds is 7. The summed E-state index contributed by atoms with van der Waals surface area (Å²) in [5, 5.41) is 8.99. The quantitative estimate of drug-likeness (QED) is 0.188. The van der Waals surface area contributed by atoms with E-state index in [0.29, 0.717) is 30.3 Å². The van der Waals surface area contributed by atoms with Crippen LogP contribution in [0.4, 0.5) is 11.4 Å². The highest BCUT2D eigenvalue weighted by Gasteiger charge is 2.21. The number of amides is 1. The van der Waals surface area contributed by atoms with Crippen molar-refractivity contribution in [3.8, 4) is 11.1 Å². The molecule has 0 radical (unpaired) electrons. The molecule has 3 aromatic heterocycles. The molecule has 8 nitrogen and oxygen atoms in total. The number of carbonyl (C=O) groups excluding carboxylic acids is 1. The maximum absolute atomic E-state index is 12.4. The summed E-state index contributed by atoms with van der Waals surface area (Å²) in [7, 11) is 3.17. The molecule has 6 rings (SSSR count). The van der Waals surface area contributed by atoms with Crippen molar-refractivity contribution in [2.75, 3.05) is 43.6 Å². The number of pyridine rings is 2. The summed E-state index contributed by atoms with van der Waals surface area (Å²) in [6.45, 7) is 3.55. The number of halogens is 2. The van der Waals surface area contributed by atoms with Crippen LogP contribution in [0.15, 0.2) is 67.1 Å². The third-order valence-electron chi connectivity index (χ3n) is 7.03. The minimum Gasteiger partial charge on any atom is -0.378 e. The number of fused-ring (bicyclic) bond motifs is 2. The van der Waals surface area contributed by atoms with Gasteiger partial charge in [-0.05, 0) is 41.5 Å². The Morgan fingerprint density at radius 1 is 1.10 bits per heavy atom. The lowest BCUT2D eigenvalue weighted by atomic mass is 10.0. The van der Waals surface area contributed by atoms with Gasteiger partial charge in [0.1, 0.15) is 0 Å². The summed E-state index contributed by atoms with van der Waals surface area (Å²) in [5.41, 5.74) is 7.44. The molecule has 0 spiro atoms. The molecule has 0 atom stereocenters. The number of carbonyl (C=O) groups is 1. The van der Waals surface area contributed by atoms with E-state index in [-0.39, 0.29) is 5.91 Å². The number of benzene rings is 2. The van der Waals surface area contributed by atoms with Gasteiger partial charge in [0.15, 0.2) is 5.65 Å². The lowest BCUT2D eigenvalue weighted by Crippen LogP contribution is -2.36. The van der Waals surface area contributed by atoms with Crippen LogP contribution in [-0.4, -0.2) is 53.2 Å². The Morgan fingerprint density at radius 3 is 2.73 bits per heavy atom. The number of hydrogen-bond acceptors (Lipinski definition) is 7.